The van der Waals surface area contributed by atoms with Crippen molar-refractivity contribution in [2.75, 3.05) is 32.1 Å². The van der Waals surface area contributed by atoms with Crippen molar-refractivity contribution in [1.29, 1.82) is 0 Å². The summed E-state index contributed by atoms with van der Waals surface area (Å²) >= 11 is 5.87. The van der Waals surface area contributed by atoms with E-state index in [1.165, 1.54) is 7.11 Å². The van der Waals surface area contributed by atoms with Crippen molar-refractivity contribution in [2.45, 2.75) is 6.92 Å². The van der Waals surface area contributed by atoms with Gasteiger partial charge in [-0.1, -0.05) is 24.6 Å². The molecule has 1 aromatic rings. The number of nitrogens with one attached hydrogen (secondary N) is 1. The maximum Gasteiger partial charge on any atom is 0.310 e. The lowest BCUT2D eigenvalue weighted by Crippen LogP contribution is -2.32. The second-order valence-electron chi connectivity index (χ2n) is 5.36. The lowest BCUT2D eigenvalue weighted by atomic mass is 9.99. The van der Waals surface area contributed by atoms with Crippen LogP contribution in [0.4, 0.5) is 5.69 Å². The van der Waals surface area contributed by atoms with Crippen LogP contribution in [0.3, 0.4) is 0 Å². The van der Waals surface area contributed by atoms with Gasteiger partial charge in [0.15, 0.2) is 0 Å². The second kappa shape index (κ2) is 6.91. The van der Waals surface area contributed by atoms with E-state index < -0.39 is 0 Å². The SMILES string of the molecule is COC(=O)C1CN(CC(=O)Nc2cccc(Cl)c2)CC1C. The number of nitrogens with zero attached hydrogens (tertiary/aromatic N) is 1. The van der Waals surface area contributed by atoms with Crippen LogP contribution in [0.25, 0.3) is 0 Å². The van der Waals surface area contributed by atoms with Crippen molar-refractivity contribution in [3.8, 4) is 0 Å². The van der Waals surface area contributed by atoms with Crippen molar-refractivity contribution in [3.05, 3.63) is 29.3 Å². The molecule has 0 aromatic heterocycles. The van der Waals surface area contributed by atoms with Gasteiger partial charge in [0.25, 0.3) is 0 Å². The summed E-state index contributed by atoms with van der Waals surface area (Å²) in [7, 11) is 1.39. The molecule has 6 heteroatoms. The summed E-state index contributed by atoms with van der Waals surface area (Å²) in [6, 6.07) is 7.01. The maximum absolute atomic E-state index is 12.0. The Morgan fingerprint density at radius 3 is 2.86 bits per heavy atom. The van der Waals surface area contributed by atoms with E-state index in [2.05, 4.69) is 5.32 Å². The first-order valence-electron chi connectivity index (χ1n) is 6.85. The Morgan fingerprint density at radius 2 is 2.19 bits per heavy atom. The standard InChI is InChI=1S/C15H19ClN2O3/c1-10-7-18(8-13(10)15(20)21-2)9-14(19)17-12-5-3-4-11(16)6-12/h3-6,10,13H,7-9H2,1-2H3,(H,17,19). The number of likely N-dealkylation sites (tertiary alicyclic amines) is 1. The van der Waals surface area contributed by atoms with Crippen LogP contribution in [0.15, 0.2) is 24.3 Å². The number of amides is 1. The zero-order valence-electron chi connectivity index (χ0n) is 12.1. The van der Waals surface area contributed by atoms with Crippen LogP contribution in [0.1, 0.15) is 6.92 Å². The second-order valence-corrected chi connectivity index (χ2v) is 5.80. The number of anilines is 1. The van der Waals surface area contributed by atoms with Crippen LogP contribution in [-0.4, -0.2) is 43.5 Å². The first-order valence-corrected chi connectivity index (χ1v) is 7.23. The number of rotatable bonds is 4. The molecule has 2 atom stereocenters. The first kappa shape index (κ1) is 15.8. The summed E-state index contributed by atoms with van der Waals surface area (Å²) in [5.74, 6) is -0.291. The van der Waals surface area contributed by atoms with Gasteiger partial charge in [0.2, 0.25) is 5.91 Å². The third kappa shape index (κ3) is 4.19. The lowest BCUT2D eigenvalue weighted by molar-refractivity contribution is -0.146. The van der Waals surface area contributed by atoms with E-state index in [0.29, 0.717) is 23.8 Å². The van der Waals surface area contributed by atoms with Gasteiger partial charge in [-0.3, -0.25) is 14.5 Å². The average Bonchev–Trinajstić information content (AvgIpc) is 2.78. The van der Waals surface area contributed by atoms with E-state index in [9.17, 15) is 9.59 Å². The van der Waals surface area contributed by atoms with Gasteiger partial charge in [0, 0.05) is 23.8 Å². The van der Waals surface area contributed by atoms with Gasteiger partial charge in [0.05, 0.1) is 19.6 Å². The minimum absolute atomic E-state index is 0.116. The molecule has 2 rings (SSSR count). The number of hydrogen-bond donors (Lipinski definition) is 1. The molecule has 21 heavy (non-hydrogen) atoms. The Hall–Kier alpha value is -1.59. The highest BCUT2D eigenvalue weighted by molar-refractivity contribution is 6.30. The summed E-state index contributed by atoms with van der Waals surface area (Å²) in [4.78, 5) is 25.6. The van der Waals surface area contributed by atoms with Crippen LogP contribution in [-0.2, 0) is 14.3 Å². The van der Waals surface area contributed by atoms with Crippen LogP contribution in [0, 0.1) is 11.8 Å². The Balaban J connectivity index is 1.88. The molecule has 1 fully saturated rings. The summed E-state index contributed by atoms with van der Waals surface area (Å²) in [6.45, 7) is 3.51. The summed E-state index contributed by atoms with van der Waals surface area (Å²) in [5, 5.41) is 3.38. The van der Waals surface area contributed by atoms with Gasteiger partial charge >= 0.3 is 5.97 Å². The Kier molecular flexibility index (Phi) is 5.20. The molecule has 0 radical (unpaired) electrons. The van der Waals surface area contributed by atoms with Crippen molar-refractivity contribution in [2.24, 2.45) is 11.8 Å². The van der Waals surface area contributed by atoms with Gasteiger partial charge in [-0.2, -0.15) is 0 Å². The molecule has 5 nitrogen and oxygen atoms in total. The summed E-state index contributed by atoms with van der Waals surface area (Å²) < 4.78 is 4.79. The molecule has 0 saturated carbocycles. The summed E-state index contributed by atoms with van der Waals surface area (Å²) in [5.41, 5.74) is 0.671. The van der Waals surface area contributed by atoms with E-state index in [-0.39, 0.29) is 30.3 Å². The van der Waals surface area contributed by atoms with Crippen LogP contribution < -0.4 is 5.32 Å². The Bertz CT molecular complexity index is 535. The van der Waals surface area contributed by atoms with E-state index in [1.807, 2.05) is 11.8 Å². The molecule has 1 aliphatic heterocycles. The van der Waals surface area contributed by atoms with Crippen LogP contribution >= 0.6 is 11.6 Å². The number of esters is 1. The predicted molar refractivity (Wildman–Crippen MR) is 81.2 cm³/mol. The molecule has 1 saturated heterocycles. The summed E-state index contributed by atoms with van der Waals surface area (Å²) in [6.07, 6.45) is 0. The van der Waals surface area contributed by atoms with Gasteiger partial charge in [-0.25, -0.2) is 0 Å². The third-order valence-corrected chi connectivity index (χ3v) is 3.90. The molecule has 1 aromatic carbocycles. The molecule has 1 amide bonds. The molecule has 114 valence electrons. The van der Waals surface area contributed by atoms with E-state index in [0.717, 1.165) is 0 Å². The Morgan fingerprint density at radius 1 is 1.43 bits per heavy atom. The van der Waals surface area contributed by atoms with Crippen LogP contribution in [0.5, 0.6) is 0 Å². The largest absolute Gasteiger partial charge is 0.469 e. The molecular weight excluding hydrogens is 292 g/mol. The highest BCUT2D eigenvalue weighted by atomic mass is 35.5. The van der Waals surface area contributed by atoms with Crippen molar-refractivity contribution in [1.82, 2.24) is 4.90 Å². The molecule has 0 bridgehead atoms. The van der Waals surface area contributed by atoms with E-state index >= 15 is 0 Å². The quantitative estimate of drug-likeness (QED) is 0.864. The number of benzene rings is 1. The number of methoxy groups -OCH3 is 1. The molecule has 0 aliphatic carbocycles. The monoisotopic (exact) mass is 310 g/mol. The third-order valence-electron chi connectivity index (χ3n) is 3.67. The molecule has 1 aliphatic rings. The molecule has 1 N–H and O–H groups in total. The van der Waals surface area contributed by atoms with E-state index in [4.69, 9.17) is 16.3 Å². The number of carbonyl (C=O) groups is 2. The average molecular weight is 311 g/mol. The first-order chi connectivity index (χ1) is 9.99. The molecule has 1 heterocycles. The van der Waals surface area contributed by atoms with Gasteiger partial charge in [0.1, 0.15) is 0 Å². The van der Waals surface area contributed by atoms with Gasteiger partial charge in [-0.05, 0) is 24.1 Å². The minimum atomic E-state index is -0.208. The van der Waals surface area contributed by atoms with Crippen LogP contribution in [0.2, 0.25) is 5.02 Å². The topological polar surface area (TPSA) is 58.6 Å². The lowest BCUT2D eigenvalue weighted by Gasteiger charge is -2.15. The normalized spacial score (nSPS) is 22.0. The van der Waals surface area contributed by atoms with Gasteiger partial charge < -0.3 is 10.1 Å². The molecular formula is C15H19ClN2O3. The smallest absolute Gasteiger partial charge is 0.310 e. The number of hydrogen-bond acceptors (Lipinski definition) is 4. The van der Waals surface area contributed by atoms with Gasteiger partial charge in [-0.15, -0.1) is 0 Å². The zero-order chi connectivity index (χ0) is 15.4. The molecule has 2 unspecified atom stereocenters. The zero-order valence-corrected chi connectivity index (χ0v) is 12.9. The highest BCUT2D eigenvalue weighted by Crippen LogP contribution is 2.24. The van der Waals surface area contributed by atoms with Crippen molar-refractivity contribution < 1.29 is 14.3 Å². The fourth-order valence-corrected chi connectivity index (χ4v) is 2.81. The minimum Gasteiger partial charge on any atom is -0.469 e. The number of halogens is 1. The van der Waals surface area contributed by atoms with Crippen molar-refractivity contribution in [3.63, 3.8) is 0 Å². The fourth-order valence-electron chi connectivity index (χ4n) is 2.62. The fraction of sp³-hybridized carbons (Fsp3) is 0.467. The highest BCUT2D eigenvalue weighted by Gasteiger charge is 2.36. The number of carbonyl (C=O) groups excluding carboxylic acids is 2. The number of ether oxygens (including phenoxy) is 1. The maximum atomic E-state index is 12.0. The Labute approximate surface area is 129 Å². The molecule has 0 spiro atoms. The van der Waals surface area contributed by atoms with E-state index in [1.54, 1.807) is 24.3 Å². The predicted octanol–water partition coefficient (Wildman–Crippen LogP) is 2.02. The van der Waals surface area contributed by atoms with Crippen molar-refractivity contribution >= 4 is 29.2 Å².